The molecule has 1 aromatic rings. The van der Waals surface area contributed by atoms with Crippen LogP contribution in [0.15, 0.2) is 27.7 Å². The highest BCUT2D eigenvalue weighted by Crippen LogP contribution is 2.33. The Labute approximate surface area is 133 Å². The lowest BCUT2D eigenvalue weighted by Crippen LogP contribution is -2.16. The van der Waals surface area contributed by atoms with Crippen LogP contribution in [0.3, 0.4) is 0 Å². The summed E-state index contributed by atoms with van der Waals surface area (Å²) in [5.41, 5.74) is 1.38. The number of methoxy groups -OCH3 is 1. The zero-order valence-corrected chi connectivity index (χ0v) is 14.8. The van der Waals surface area contributed by atoms with Crippen LogP contribution in [-0.4, -0.2) is 24.1 Å². The molecule has 110 valence electrons. The van der Waals surface area contributed by atoms with Gasteiger partial charge in [0.15, 0.2) is 5.17 Å². The molecule has 0 radical (unpaired) electrons. The lowest BCUT2D eigenvalue weighted by molar-refractivity contribution is 0.375. The number of thioether (sulfide) groups is 1. The summed E-state index contributed by atoms with van der Waals surface area (Å²) < 4.78 is 6.18. The van der Waals surface area contributed by atoms with Gasteiger partial charge >= 0.3 is 0 Å². The fourth-order valence-corrected chi connectivity index (χ4v) is 4.06. The number of rotatable bonds is 3. The third-order valence-electron chi connectivity index (χ3n) is 2.96. The van der Waals surface area contributed by atoms with E-state index < -0.39 is 0 Å². The Morgan fingerprint density at radius 1 is 1.45 bits per heavy atom. The molecule has 0 saturated heterocycles. The number of hydrogen-bond acceptors (Lipinski definition) is 4. The number of ether oxygens (including phenoxy) is 1. The van der Waals surface area contributed by atoms with Gasteiger partial charge in [-0.25, -0.2) is 0 Å². The summed E-state index contributed by atoms with van der Waals surface area (Å²) in [4.78, 5) is 4.59. The van der Waals surface area contributed by atoms with Gasteiger partial charge < -0.3 is 10.1 Å². The van der Waals surface area contributed by atoms with E-state index in [1.807, 2.05) is 30.0 Å². The van der Waals surface area contributed by atoms with E-state index in [0.29, 0.717) is 10.7 Å². The Balaban J connectivity index is 1.94. The summed E-state index contributed by atoms with van der Waals surface area (Å²) in [6.45, 7) is 7.74. The van der Waals surface area contributed by atoms with Crippen molar-refractivity contribution < 1.29 is 4.74 Å². The number of hydrogen-bond donors (Lipinski definition) is 1. The quantitative estimate of drug-likeness (QED) is 0.845. The summed E-state index contributed by atoms with van der Waals surface area (Å²) in [6, 6.07) is 5.96. The van der Waals surface area contributed by atoms with E-state index in [9.17, 15) is 0 Å². The maximum Gasteiger partial charge on any atom is 0.161 e. The maximum absolute atomic E-state index is 5.23. The van der Waals surface area contributed by atoms with Gasteiger partial charge in [0.2, 0.25) is 0 Å². The average Bonchev–Trinajstić information content (AvgIpc) is 2.74. The first-order valence-corrected chi connectivity index (χ1v) is 8.36. The van der Waals surface area contributed by atoms with Gasteiger partial charge in [0.1, 0.15) is 5.75 Å². The molecule has 0 spiro atoms. The van der Waals surface area contributed by atoms with Crippen molar-refractivity contribution in [3.63, 3.8) is 0 Å². The van der Waals surface area contributed by atoms with Crippen LogP contribution in [0.25, 0.3) is 0 Å². The molecular weight excluding hydrogens is 336 g/mol. The van der Waals surface area contributed by atoms with Crippen LogP contribution in [0.1, 0.15) is 27.2 Å². The van der Waals surface area contributed by atoms with Crippen molar-refractivity contribution in [1.82, 2.24) is 0 Å². The van der Waals surface area contributed by atoms with E-state index in [2.05, 4.69) is 47.0 Å². The molecule has 5 heteroatoms. The smallest absolute Gasteiger partial charge is 0.161 e. The van der Waals surface area contributed by atoms with E-state index in [1.54, 1.807) is 7.11 Å². The molecule has 0 bridgehead atoms. The Morgan fingerprint density at radius 2 is 2.20 bits per heavy atom. The van der Waals surface area contributed by atoms with Crippen LogP contribution in [0, 0.1) is 5.41 Å². The molecule has 0 aliphatic carbocycles. The predicted octanol–water partition coefficient (Wildman–Crippen LogP) is 4.78. The van der Waals surface area contributed by atoms with Crippen LogP contribution < -0.4 is 10.1 Å². The van der Waals surface area contributed by atoms with E-state index in [0.717, 1.165) is 27.6 Å². The van der Waals surface area contributed by atoms with Gasteiger partial charge in [-0.15, -0.1) is 0 Å². The van der Waals surface area contributed by atoms with Crippen LogP contribution in [0.4, 0.5) is 5.69 Å². The molecule has 0 saturated carbocycles. The molecule has 1 aromatic carbocycles. The Hall–Kier alpha value is -0.680. The number of nitrogens with one attached hydrogen (secondary N) is 1. The SMILES string of the molecule is COc1ccc(NC2=NCC(CC(C)(C)C)S2)cc1Br. The van der Waals surface area contributed by atoms with Crippen molar-refractivity contribution >= 4 is 38.5 Å². The van der Waals surface area contributed by atoms with Gasteiger partial charge in [-0.3, -0.25) is 4.99 Å². The molecule has 20 heavy (non-hydrogen) atoms. The van der Waals surface area contributed by atoms with Crippen LogP contribution in [0.5, 0.6) is 5.75 Å². The Bertz CT molecular complexity index is 511. The van der Waals surface area contributed by atoms with Gasteiger partial charge in [-0.1, -0.05) is 32.5 Å². The van der Waals surface area contributed by atoms with E-state index in [-0.39, 0.29) is 0 Å². The fourth-order valence-electron chi connectivity index (χ4n) is 2.14. The minimum atomic E-state index is 0.353. The van der Waals surface area contributed by atoms with Gasteiger partial charge in [-0.2, -0.15) is 0 Å². The maximum atomic E-state index is 5.23. The third kappa shape index (κ3) is 4.42. The first kappa shape index (κ1) is 15.7. The van der Waals surface area contributed by atoms with Crippen LogP contribution in [0.2, 0.25) is 0 Å². The largest absolute Gasteiger partial charge is 0.496 e. The Kier molecular flexibility index (Phi) is 5.02. The highest BCUT2D eigenvalue weighted by molar-refractivity contribution is 9.10. The lowest BCUT2D eigenvalue weighted by Gasteiger charge is -2.21. The minimum Gasteiger partial charge on any atom is -0.496 e. The third-order valence-corrected chi connectivity index (χ3v) is 4.68. The molecular formula is C15H21BrN2OS. The van der Waals surface area contributed by atoms with Gasteiger partial charge in [0.05, 0.1) is 18.1 Å². The lowest BCUT2D eigenvalue weighted by atomic mass is 9.90. The molecule has 1 aliphatic heterocycles. The Morgan fingerprint density at radius 3 is 2.80 bits per heavy atom. The zero-order valence-electron chi connectivity index (χ0n) is 12.4. The average molecular weight is 357 g/mol. The molecule has 1 aliphatic rings. The summed E-state index contributed by atoms with van der Waals surface area (Å²) in [7, 11) is 1.67. The number of anilines is 1. The van der Waals surface area contributed by atoms with Gasteiger partial charge in [0.25, 0.3) is 0 Å². The molecule has 0 aromatic heterocycles. The highest BCUT2D eigenvalue weighted by Gasteiger charge is 2.25. The molecule has 0 fully saturated rings. The molecule has 3 nitrogen and oxygen atoms in total. The van der Waals surface area contributed by atoms with Crippen molar-refractivity contribution in [3.8, 4) is 5.75 Å². The van der Waals surface area contributed by atoms with E-state index in [4.69, 9.17) is 4.74 Å². The second-order valence-corrected chi connectivity index (χ2v) is 8.27. The molecule has 0 amide bonds. The van der Waals surface area contributed by atoms with Crippen molar-refractivity contribution in [2.75, 3.05) is 19.0 Å². The predicted molar refractivity (Wildman–Crippen MR) is 92.1 cm³/mol. The number of benzene rings is 1. The number of nitrogens with zero attached hydrogens (tertiary/aromatic N) is 1. The first-order valence-electron chi connectivity index (χ1n) is 6.69. The van der Waals surface area contributed by atoms with Gasteiger partial charge in [0, 0.05) is 10.9 Å². The number of aliphatic imine (C=N–C) groups is 1. The topological polar surface area (TPSA) is 33.6 Å². The molecule has 1 N–H and O–H groups in total. The molecule has 1 unspecified atom stereocenters. The molecule has 1 heterocycles. The number of amidine groups is 1. The molecule has 2 rings (SSSR count). The second-order valence-electron chi connectivity index (χ2n) is 6.12. The molecule has 1 atom stereocenters. The fraction of sp³-hybridized carbons (Fsp3) is 0.533. The standard InChI is InChI=1S/C15H21BrN2OS/c1-15(2,3)8-11-9-17-14(20-11)18-10-5-6-13(19-4)12(16)7-10/h5-7,11H,8-9H2,1-4H3,(H,17,18). The number of halogens is 1. The van der Waals surface area contributed by atoms with Crippen molar-refractivity contribution in [2.24, 2.45) is 10.4 Å². The van der Waals surface area contributed by atoms with Crippen molar-refractivity contribution in [1.29, 1.82) is 0 Å². The highest BCUT2D eigenvalue weighted by atomic mass is 79.9. The van der Waals surface area contributed by atoms with Crippen LogP contribution in [-0.2, 0) is 0 Å². The van der Waals surface area contributed by atoms with Crippen molar-refractivity contribution in [3.05, 3.63) is 22.7 Å². The summed E-state index contributed by atoms with van der Waals surface area (Å²) in [6.07, 6.45) is 1.18. The summed E-state index contributed by atoms with van der Waals surface area (Å²) in [5.74, 6) is 0.835. The minimum absolute atomic E-state index is 0.353. The monoisotopic (exact) mass is 356 g/mol. The second kappa shape index (κ2) is 6.39. The zero-order chi connectivity index (χ0) is 14.8. The summed E-state index contributed by atoms with van der Waals surface area (Å²) in [5, 5.41) is 4.97. The normalized spacial score (nSPS) is 18.9. The van der Waals surface area contributed by atoms with Gasteiger partial charge in [-0.05, 0) is 46.0 Å². The van der Waals surface area contributed by atoms with E-state index >= 15 is 0 Å². The summed E-state index contributed by atoms with van der Waals surface area (Å²) >= 11 is 5.34. The van der Waals surface area contributed by atoms with Crippen molar-refractivity contribution in [2.45, 2.75) is 32.4 Å². The van der Waals surface area contributed by atoms with Crippen LogP contribution >= 0.6 is 27.7 Å². The van der Waals surface area contributed by atoms with E-state index in [1.165, 1.54) is 6.42 Å². The first-order chi connectivity index (χ1) is 9.37.